The summed E-state index contributed by atoms with van der Waals surface area (Å²) in [6, 6.07) is 14.5. The van der Waals surface area contributed by atoms with Crippen molar-refractivity contribution in [3.8, 4) is 0 Å². The molecule has 6 heteroatoms. The van der Waals surface area contributed by atoms with Gasteiger partial charge in [-0.1, -0.05) is 41.7 Å². The fraction of sp³-hybridized carbons (Fsp3) is 0. The van der Waals surface area contributed by atoms with Crippen LogP contribution in [0.4, 0.5) is 5.13 Å². The monoisotopic (exact) mass is 297 g/mol. The van der Waals surface area contributed by atoms with E-state index < -0.39 is 5.97 Å². The van der Waals surface area contributed by atoms with E-state index in [-0.39, 0.29) is 5.56 Å². The molecule has 1 heterocycles. The van der Waals surface area contributed by atoms with Gasteiger partial charge in [0.1, 0.15) is 0 Å². The maximum atomic E-state index is 11.1. The van der Waals surface area contributed by atoms with Gasteiger partial charge in [0, 0.05) is 5.56 Å². The van der Waals surface area contributed by atoms with Crippen LogP contribution >= 0.6 is 11.3 Å². The van der Waals surface area contributed by atoms with E-state index in [1.165, 1.54) is 17.6 Å². The molecule has 2 N–H and O–H groups in total. The van der Waals surface area contributed by atoms with Crippen molar-refractivity contribution in [2.75, 3.05) is 5.43 Å². The summed E-state index contributed by atoms with van der Waals surface area (Å²) in [6.07, 6.45) is 1.48. The number of anilines is 1. The predicted octanol–water partition coefficient (Wildman–Crippen LogP) is 3.44. The van der Waals surface area contributed by atoms with Crippen LogP contribution in [0.25, 0.3) is 10.2 Å². The molecule has 0 amide bonds. The van der Waals surface area contributed by atoms with Crippen molar-refractivity contribution in [3.05, 3.63) is 59.7 Å². The predicted molar refractivity (Wildman–Crippen MR) is 84.2 cm³/mol. The minimum absolute atomic E-state index is 0.215. The molecule has 21 heavy (non-hydrogen) atoms. The fourth-order valence-corrected chi connectivity index (χ4v) is 2.70. The maximum Gasteiger partial charge on any atom is 0.336 e. The van der Waals surface area contributed by atoms with Crippen molar-refractivity contribution in [2.24, 2.45) is 5.10 Å². The Kier molecular flexibility index (Phi) is 3.61. The lowest BCUT2D eigenvalue weighted by molar-refractivity contribution is 0.0697. The molecule has 3 aromatic rings. The number of fused-ring (bicyclic) bond motifs is 1. The Balaban J connectivity index is 1.79. The summed E-state index contributed by atoms with van der Waals surface area (Å²) >= 11 is 1.49. The van der Waals surface area contributed by atoms with Crippen LogP contribution in [0, 0.1) is 0 Å². The van der Waals surface area contributed by atoms with Crippen LogP contribution in [-0.2, 0) is 0 Å². The van der Waals surface area contributed by atoms with Gasteiger partial charge in [0.05, 0.1) is 22.0 Å². The van der Waals surface area contributed by atoms with Gasteiger partial charge in [0.15, 0.2) is 0 Å². The topological polar surface area (TPSA) is 74.6 Å². The number of carboxylic acids is 1. The number of nitrogens with zero attached hydrogens (tertiary/aromatic N) is 2. The standard InChI is InChI=1S/C15H11N3O2S/c19-14(20)11-6-2-1-5-10(11)9-16-18-15-17-12-7-3-4-8-13(12)21-15/h1-9H,(H,17,18)(H,19,20)/b16-9+. The van der Waals surface area contributed by atoms with E-state index in [9.17, 15) is 4.79 Å². The van der Waals surface area contributed by atoms with E-state index in [4.69, 9.17) is 5.11 Å². The van der Waals surface area contributed by atoms with Gasteiger partial charge in [-0.3, -0.25) is 5.43 Å². The lowest BCUT2D eigenvalue weighted by Crippen LogP contribution is -2.02. The number of benzene rings is 2. The minimum atomic E-state index is -0.975. The van der Waals surface area contributed by atoms with E-state index in [1.54, 1.807) is 24.3 Å². The molecule has 0 radical (unpaired) electrons. The van der Waals surface area contributed by atoms with E-state index >= 15 is 0 Å². The third-order valence-electron chi connectivity index (χ3n) is 2.85. The molecule has 0 saturated carbocycles. The first-order valence-electron chi connectivity index (χ1n) is 6.21. The summed E-state index contributed by atoms with van der Waals surface area (Å²) in [6.45, 7) is 0. The second-order valence-electron chi connectivity index (χ2n) is 4.25. The number of hydrazone groups is 1. The summed E-state index contributed by atoms with van der Waals surface area (Å²) in [5.41, 5.74) is 4.50. The van der Waals surface area contributed by atoms with Crippen LogP contribution in [0.3, 0.4) is 0 Å². The van der Waals surface area contributed by atoms with Crippen molar-refractivity contribution in [1.29, 1.82) is 0 Å². The largest absolute Gasteiger partial charge is 0.478 e. The average molecular weight is 297 g/mol. The number of para-hydroxylation sites is 1. The molecular formula is C15H11N3O2S. The quantitative estimate of drug-likeness (QED) is 0.571. The lowest BCUT2D eigenvalue weighted by Gasteiger charge is -1.99. The second-order valence-corrected chi connectivity index (χ2v) is 5.28. The molecule has 3 rings (SSSR count). The van der Waals surface area contributed by atoms with Crippen LogP contribution in [0.2, 0.25) is 0 Å². The molecule has 104 valence electrons. The molecule has 0 aliphatic heterocycles. The zero-order chi connectivity index (χ0) is 14.7. The van der Waals surface area contributed by atoms with Gasteiger partial charge in [-0.05, 0) is 18.2 Å². The highest BCUT2D eigenvalue weighted by Crippen LogP contribution is 2.25. The highest BCUT2D eigenvalue weighted by atomic mass is 32.1. The third kappa shape index (κ3) is 2.90. The number of carbonyl (C=O) groups is 1. The number of aromatic nitrogens is 1. The number of rotatable bonds is 4. The highest BCUT2D eigenvalue weighted by Gasteiger charge is 2.06. The Bertz CT molecular complexity index is 793. The highest BCUT2D eigenvalue weighted by molar-refractivity contribution is 7.22. The summed E-state index contributed by atoms with van der Waals surface area (Å²) < 4.78 is 1.07. The van der Waals surface area contributed by atoms with Gasteiger partial charge in [0.2, 0.25) is 5.13 Å². The smallest absolute Gasteiger partial charge is 0.336 e. The summed E-state index contributed by atoms with van der Waals surface area (Å²) in [5.74, 6) is -0.975. The number of thiazole rings is 1. The van der Waals surface area contributed by atoms with Gasteiger partial charge in [0.25, 0.3) is 0 Å². The van der Waals surface area contributed by atoms with Crippen molar-refractivity contribution in [2.45, 2.75) is 0 Å². The van der Waals surface area contributed by atoms with Crippen LogP contribution in [0.1, 0.15) is 15.9 Å². The van der Waals surface area contributed by atoms with E-state index in [0.717, 1.165) is 10.2 Å². The number of aromatic carboxylic acids is 1. The van der Waals surface area contributed by atoms with Crippen molar-refractivity contribution in [3.63, 3.8) is 0 Å². The van der Waals surface area contributed by atoms with Gasteiger partial charge in [-0.2, -0.15) is 5.10 Å². The lowest BCUT2D eigenvalue weighted by atomic mass is 10.1. The number of nitrogens with one attached hydrogen (secondary N) is 1. The summed E-state index contributed by atoms with van der Waals surface area (Å²) in [5, 5.41) is 13.8. The van der Waals surface area contributed by atoms with Gasteiger partial charge >= 0.3 is 5.97 Å². The maximum absolute atomic E-state index is 11.1. The van der Waals surface area contributed by atoms with E-state index in [2.05, 4.69) is 15.5 Å². The van der Waals surface area contributed by atoms with Crippen LogP contribution in [-0.4, -0.2) is 22.3 Å². The van der Waals surface area contributed by atoms with Gasteiger partial charge < -0.3 is 5.11 Å². The summed E-state index contributed by atoms with van der Waals surface area (Å²) in [4.78, 5) is 15.5. The molecule has 0 aliphatic rings. The number of hydrogen-bond acceptors (Lipinski definition) is 5. The Morgan fingerprint density at radius 3 is 2.76 bits per heavy atom. The molecular weight excluding hydrogens is 286 g/mol. The van der Waals surface area contributed by atoms with E-state index in [1.807, 2.05) is 24.3 Å². The van der Waals surface area contributed by atoms with Crippen LogP contribution in [0.5, 0.6) is 0 Å². The number of hydrogen-bond donors (Lipinski definition) is 2. The van der Waals surface area contributed by atoms with E-state index in [0.29, 0.717) is 10.7 Å². The van der Waals surface area contributed by atoms with Gasteiger partial charge in [-0.15, -0.1) is 0 Å². The Labute approximate surface area is 124 Å². The molecule has 0 bridgehead atoms. The Morgan fingerprint density at radius 1 is 1.19 bits per heavy atom. The molecule has 0 spiro atoms. The molecule has 0 aliphatic carbocycles. The second kappa shape index (κ2) is 5.72. The van der Waals surface area contributed by atoms with Crippen LogP contribution in [0.15, 0.2) is 53.6 Å². The van der Waals surface area contributed by atoms with Crippen molar-refractivity contribution in [1.82, 2.24) is 4.98 Å². The molecule has 0 saturated heterocycles. The molecule has 2 aromatic carbocycles. The zero-order valence-electron chi connectivity index (χ0n) is 10.9. The molecule has 1 aromatic heterocycles. The number of carboxylic acid groups (broad SMARTS) is 1. The molecule has 0 unspecified atom stereocenters. The first-order chi connectivity index (χ1) is 10.2. The Hall–Kier alpha value is -2.73. The summed E-state index contributed by atoms with van der Waals surface area (Å²) in [7, 11) is 0. The first kappa shape index (κ1) is 13.3. The third-order valence-corrected chi connectivity index (χ3v) is 3.79. The van der Waals surface area contributed by atoms with Gasteiger partial charge in [-0.25, -0.2) is 9.78 Å². The molecule has 5 nitrogen and oxygen atoms in total. The fourth-order valence-electron chi connectivity index (χ4n) is 1.88. The first-order valence-corrected chi connectivity index (χ1v) is 7.02. The van der Waals surface area contributed by atoms with Crippen molar-refractivity contribution >= 4 is 38.9 Å². The zero-order valence-corrected chi connectivity index (χ0v) is 11.7. The van der Waals surface area contributed by atoms with Crippen LogP contribution < -0.4 is 5.43 Å². The normalized spacial score (nSPS) is 11.0. The molecule has 0 atom stereocenters. The average Bonchev–Trinajstić information content (AvgIpc) is 2.90. The Morgan fingerprint density at radius 2 is 1.95 bits per heavy atom. The molecule has 0 fully saturated rings. The van der Waals surface area contributed by atoms with Crippen molar-refractivity contribution < 1.29 is 9.90 Å². The SMILES string of the molecule is O=C(O)c1ccccc1/C=N/Nc1nc2ccccc2s1. The minimum Gasteiger partial charge on any atom is -0.478 e.